The van der Waals surface area contributed by atoms with E-state index in [2.05, 4.69) is 11.1 Å². The lowest BCUT2D eigenvalue weighted by Gasteiger charge is -2.09. The number of benzene rings is 1. The summed E-state index contributed by atoms with van der Waals surface area (Å²) in [4.78, 5) is 4.23. The van der Waals surface area contributed by atoms with Gasteiger partial charge in [0.1, 0.15) is 17.4 Å². The highest BCUT2D eigenvalue weighted by molar-refractivity contribution is 5.87. The van der Waals surface area contributed by atoms with Crippen LogP contribution in [0.5, 0.6) is 5.75 Å². The Hall–Kier alpha value is -2.08. The lowest BCUT2D eigenvalue weighted by atomic mass is 10.1. The topological polar surface area (TPSA) is 45.9 Å². The molecule has 1 aromatic heterocycles. The third-order valence-electron chi connectivity index (χ3n) is 2.38. The van der Waals surface area contributed by atoms with E-state index >= 15 is 0 Å². The fraction of sp³-hybridized carbons (Fsp3) is 0.333. The van der Waals surface area contributed by atoms with Crippen LogP contribution in [0.1, 0.15) is 31.9 Å². The molecule has 0 amide bonds. The molecular formula is C15H18N2O. The van der Waals surface area contributed by atoms with Crippen LogP contribution in [-0.4, -0.2) is 11.6 Å². The monoisotopic (exact) mass is 242 g/mol. The van der Waals surface area contributed by atoms with E-state index in [1.54, 1.807) is 6.20 Å². The van der Waals surface area contributed by atoms with Gasteiger partial charge in [-0.05, 0) is 26.0 Å². The van der Waals surface area contributed by atoms with Crippen molar-refractivity contribution in [3.63, 3.8) is 0 Å². The third-order valence-corrected chi connectivity index (χ3v) is 2.38. The van der Waals surface area contributed by atoms with Gasteiger partial charge in [0.05, 0.1) is 12.1 Å². The fourth-order valence-electron chi connectivity index (χ4n) is 1.66. The van der Waals surface area contributed by atoms with Gasteiger partial charge < -0.3 is 4.74 Å². The second-order valence-electron chi connectivity index (χ2n) is 3.57. The molecule has 1 heterocycles. The van der Waals surface area contributed by atoms with Crippen molar-refractivity contribution in [2.24, 2.45) is 0 Å². The molecule has 0 saturated carbocycles. The minimum Gasteiger partial charge on any atom is -0.492 e. The zero-order valence-electron chi connectivity index (χ0n) is 11.3. The molecule has 0 unspecified atom stereocenters. The van der Waals surface area contributed by atoms with E-state index in [1.807, 2.05) is 45.9 Å². The second kappa shape index (κ2) is 6.61. The molecule has 3 nitrogen and oxygen atoms in total. The van der Waals surface area contributed by atoms with Gasteiger partial charge in [0, 0.05) is 11.6 Å². The molecule has 94 valence electrons. The van der Waals surface area contributed by atoms with Crippen LogP contribution in [0.4, 0.5) is 0 Å². The molecular weight excluding hydrogens is 224 g/mol. The lowest BCUT2D eigenvalue weighted by molar-refractivity contribution is 0.343. The first-order valence-corrected chi connectivity index (χ1v) is 6.18. The summed E-state index contributed by atoms with van der Waals surface area (Å²) in [5.74, 6) is 0.638. The van der Waals surface area contributed by atoms with Gasteiger partial charge in [0.2, 0.25) is 0 Å². The number of rotatable bonds is 2. The molecule has 1 aromatic carbocycles. The van der Waals surface area contributed by atoms with Crippen molar-refractivity contribution < 1.29 is 4.74 Å². The van der Waals surface area contributed by atoms with Crippen LogP contribution in [0, 0.1) is 18.3 Å². The van der Waals surface area contributed by atoms with E-state index in [1.165, 1.54) is 0 Å². The number of fused-ring (bicyclic) bond motifs is 1. The first kappa shape index (κ1) is 14.0. The molecule has 2 aromatic rings. The van der Waals surface area contributed by atoms with Crippen LogP contribution >= 0.6 is 0 Å². The Balaban J connectivity index is 0.000000771. The number of hydrogen-bond acceptors (Lipinski definition) is 3. The first-order valence-electron chi connectivity index (χ1n) is 6.18. The highest BCUT2D eigenvalue weighted by Gasteiger charge is 2.09. The molecule has 0 aliphatic rings. The highest BCUT2D eigenvalue weighted by Crippen LogP contribution is 2.28. The van der Waals surface area contributed by atoms with Crippen LogP contribution in [0.2, 0.25) is 0 Å². The minimum atomic E-state index is 0.486. The predicted octanol–water partition coefficient (Wildman–Crippen LogP) is 3.84. The molecule has 0 radical (unpaired) electrons. The molecule has 0 saturated heterocycles. The SMILES string of the molecule is CC.CCOc1c(C#N)cnc2ccc(C)cc12. The van der Waals surface area contributed by atoms with Crippen LogP contribution < -0.4 is 4.74 Å². The molecule has 0 atom stereocenters. The normalized spacial score (nSPS) is 9.28. The maximum Gasteiger partial charge on any atom is 0.148 e. The maximum atomic E-state index is 9.00. The molecule has 0 aliphatic heterocycles. The van der Waals surface area contributed by atoms with Crippen molar-refractivity contribution in [2.75, 3.05) is 6.61 Å². The van der Waals surface area contributed by atoms with Gasteiger partial charge in [-0.2, -0.15) is 5.26 Å². The van der Waals surface area contributed by atoms with Crippen molar-refractivity contribution in [2.45, 2.75) is 27.7 Å². The standard InChI is InChI=1S/C13H12N2O.C2H6/c1-3-16-13-10(7-14)8-15-12-5-4-9(2)6-11(12)13;1-2/h4-6,8H,3H2,1-2H3;1-2H3. The van der Waals surface area contributed by atoms with Crippen molar-refractivity contribution in [1.29, 1.82) is 5.26 Å². The van der Waals surface area contributed by atoms with Crippen LogP contribution in [-0.2, 0) is 0 Å². The molecule has 0 N–H and O–H groups in total. The fourth-order valence-corrected chi connectivity index (χ4v) is 1.66. The van der Waals surface area contributed by atoms with Gasteiger partial charge in [-0.1, -0.05) is 25.5 Å². The Morgan fingerprint density at radius 1 is 1.33 bits per heavy atom. The van der Waals surface area contributed by atoms with Crippen molar-refractivity contribution in [1.82, 2.24) is 4.98 Å². The Kier molecular flexibility index (Phi) is 5.13. The Morgan fingerprint density at radius 2 is 2.06 bits per heavy atom. The van der Waals surface area contributed by atoms with Gasteiger partial charge in [-0.15, -0.1) is 0 Å². The molecule has 2 rings (SSSR count). The molecule has 0 bridgehead atoms. The largest absolute Gasteiger partial charge is 0.492 e. The Bertz CT molecular complexity index is 570. The lowest BCUT2D eigenvalue weighted by Crippen LogP contribution is -1.97. The van der Waals surface area contributed by atoms with E-state index in [4.69, 9.17) is 10.00 Å². The van der Waals surface area contributed by atoms with E-state index in [0.29, 0.717) is 17.9 Å². The van der Waals surface area contributed by atoms with E-state index in [9.17, 15) is 0 Å². The summed E-state index contributed by atoms with van der Waals surface area (Å²) in [5, 5.41) is 9.91. The highest BCUT2D eigenvalue weighted by atomic mass is 16.5. The van der Waals surface area contributed by atoms with Gasteiger partial charge in [0.25, 0.3) is 0 Å². The predicted molar refractivity (Wildman–Crippen MR) is 73.7 cm³/mol. The molecule has 0 aliphatic carbocycles. The average Bonchev–Trinajstić information content (AvgIpc) is 2.42. The second-order valence-corrected chi connectivity index (χ2v) is 3.57. The zero-order valence-corrected chi connectivity index (χ0v) is 11.3. The quantitative estimate of drug-likeness (QED) is 0.803. The number of nitrogens with zero attached hydrogens (tertiary/aromatic N) is 2. The number of nitriles is 1. The van der Waals surface area contributed by atoms with Gasteiger partial charge in [0.15, 0.2) is 0 Å². The Morgan fingerprint density at radius 3 is 2.67 bits per heavy atom. The smallest absolute Gasteiger partial charge is 0.148 e. The molecule has 3 heteroatoms. The van der Waals surface area contributed by atoms with Gasteiger partial charge >= 0.3 is 0 Å². The number of hydrogen-bond donors (Lipinski definition) is 0. The van der Waals surface area contributed by atoms with Crippen LogP contribution in [0.25, 0.3) is 10.9 Å². The summed E-state index contributed by atoms with van der Waals surface area (Å²) in [7, 11) is 0. The number of pyridine rings is 1. The number of aryl methyl sites for hydroxylation is 1. The number of ether oxygens (including phenoxy) is 1. The van der Waals surface area contributed by atoms with Crippen molar-refractivity contribution in [3.8, 4) is 11.8 Å². The number of aromatic nitrogens is 1. The first-order chi connectivity index (χ1) is 8.76. The summed E-state index contributed by atoms with van der Waals surface area (Å²) >= 11 is 0. The van der Waals surface area contributed by atoms with Crippen LogP contribution in [0.3, 0.4) is 0 Å². The molecule has 0 spiro atoms. The molecule has 0 fully saturated rings. The van der Waals surface area contributed by atoms with Crippen LogP contribution in [0.15, 0.2) is 24.4 Å². The Labute approximate surface area is 108 Å². The molecule has 18 heavy (non-hydrogen) atoms. The van der Waals surface area contributed by atoms with Crippen molar-refractivity contribution in [3.05, 3.63) is 35.5 Å². The summed E-state index contributed by atoms with van der Waals surface area (Å²) < 4.78 is 5.53. The summed E-state index contributed by atoms with van der Waals surface area (Å²) in [6.07, 6.45) is 1.56. The van der Waals surface area contributed by atoms with E-state index < -0.39 is 0 Å². The minimum absolute atomic E-state index is 0.486. The summed E-state index contributed by atoms with van der Waals surface area (Å²) in [6, 6.07) is 8.03. The third kappa shape index (κ3) is 2.78. The maximum absolute atomic E-state index is 9.00. The van der Waals surface area contributed by atoms with Gasteiger partial charge in [-0.25, -0.2) is 0 Å². The van der Waals surface area contributed by atoms with E-state index in [0.717, 1.165) is 16.5 Å². The zero-order chi connectivity index (χ0) is 13.5. The summed E-state index contributed by atoms with van der Waals surface area (Å²) in [5.41, 5.74) is 2.47. The summed E-state index contributed by atoms with van der Waals surface area (Å²) in [6.45, 7) is 8.46. The average molecular weight is 242 g/mol. The van der Waals surface area contributed by atoms with Crippen molar-refractivity contribution >= 4 is 10.9 Å². The van der Waals surface area contributed by atoms with E-state index in [-0.39, 0.29) is 0 Å². The van der Waals surface area contributed by atoms with Gasteiger partial charge in [-0.3, -0.25) is 4.98 Å².